The van der Waals surface area contributed by atoms with Crippen LogP contribution in [-0.4, -0.2) is 9.97 Å². The number of benzene rings is 8. The lowest BCUT2D eigenvalue weighted by Crippen LogP contribution is -1.90. The Morgan fingerprint density at radius 1 is 0.240 bits per heavy atom. The molecule has 0 spiro atoms. The summed E-state index contributed by atoms with van der Waals surface area (Å²) in [5.41, 5.74) is 16.7. The van der Waals surface area contributed by atoms with Crippen LogP contribution in [0.1, 0.15) is 0 Å². The average Bonchev–Trinajstić information content (AvgIpc) is 3.77. The van der Waals surface area contributed by atoms with Crippen molar-refractivity contribution in [2.24, 2.45) is 0 Å². The van der Waals surface area contributed by atoms with Crippen molar-refractivity contribution in [2.45, 2.75) is 0 Å². The third-order valence-electron chi connectivity index (χ3n) is 10.2. The minimum absolute atomic E-state index is 1.16. The fraction of sp³-hybridized carbons (Fsp3) is 0. The van der Waals surface area contributed by atoms with Crippen molar-refractivity contribution >= 4 is 43.6 Å². The van der Waals surface area contributed by atoms with Crippen LogP contribution >= 0.6 is 0 Å². The van der Waals surface area contributed by atoms with Crippen LogP contribution in [-0.2, 0) is 0 Å². The second-order valence-electron chi connectivity index (χ2n) is 13.1. The Bertz CT molecular complexity index is 2690. The SMILES string of the molecule is c1cc(-c2ccccc2-c2ccccc2-c2cccc(-c3cccc4c3[nH]c3ccccc34)c2)cc(-c2cccc3c2[nH]c2ccccc23)c1. The second kappa shape index (κ2) is 11.5. The van der Waals surface area contributed by atoms with E-state index >= 15 is 0 Å². The zero-order chi connectivity index (χ0) is 33.0. The topological polar surface area (TPSA) is 31.6 Å². The molecule has 0 unspecified atom stereocenters. The van der Waals surface area contributed by atoms with E-state index < -0.39 is 0 Å². The number of hydrogen-bond donors (Lipinski definition) is 2. The molecular formula is C48H32N2. The first-order valence-corrected chi connectivity index (χ1v) is 17.2. The molecule has 0 radical (unpaired) electrons. The first kappa shape index (κ1) is 28.4. The molecular weight excluding hydrogens is 605 g/mol. The highest BCUT2D eigenvalue weighted by Gasteiger charge is 2.16. The maximum atomic E-state index is 3.70. The van der Waals surface area contributed by atoms with E-state index in [1.54, 1.807) is 0 Å². The van der Waals surface area contributed by atoms with Crippen LogP contribution in [0.4, 0.5) is 0 Å². The number of nitrogens with one attached hydrogen (secondary N) is 2. The Morgan fingerprint density at radius 2 is 0.560 bits per heavy atom. The lowest BCUT2D eigenvalue weighted by molar-refractivity contribution is 1.52. The van der Waals surface area contributed by atoms with E-state index in [1.165, 1.54) is 88.2 Å². The van der Waals surface area contributed by atoms with Crippen LogP contribution < -0.4 is 0 Å². The smallest absolute Gasteiger partial charge is 0.0544 e. The van der Waals surface area contributed by atoms with Crippen LogP contribution in [0, 0.1) is 0 Å². The number of aromatic nitrogens is 2. The Labute approximate surface area is 290 Å². The van der Waals surface area contributed by atoms with Crippen LogP contribution in [0.15, 0.2) is 182 Å². The molecule has 10 aromatic rings. The van der Waals surface area contributed by atoms with E-state index in [4.69, 9.17) is 0 Å². The highest BCUT2D eigenvalue weighted by atomic mass is 14.7. The molecule has 0 saturated heterocycles. The monoisotopic (exact) mass is 636 g/mol. The van der Waals surface area contributed by atoms with Crippen molar-refractivity contribution in [3.63, 3.8) is 0 Å². The van der Waals surface area contributed by atoms with Crippen LogP contribution in [0.25, 0.3) is 99.2 Å². The fourth-order valence-electron chi connectivity index (χ4n) is 7.88. The zero-order valence-electron chi connectivity index (χ0n) is 27.3. The number of hydrogen-bond acceptors (Lipinski definition) is 0. The van der Waals surface area contributed by atoms with Crippen molar-refractivity contribution in [2.75, 3.05) is 0 Å². The summed E-state index contributed by atoms with van der Waals surface area (Å²) in [7, 11) is 0. The molecule has 8 aromatic carbocycles. The normalized spacial score (nSPS) is 11.6. The van der Waals surface area contributed by atoms with Crippen molar-refractivity contribution in [1.29, 1.82) is 0 Å². The van der Waals surface area contributed by atoms with Crippen LogP contribution in [0.2, 0.25) is 0 Å². The summed E-state index contributed by atoms with van der Waals surface area (Å²) in [6.07, 6.45) is 0. The molecule has 10 rings (SSSR count). The Hall–Kier alpha value is -6.64. The van der Waals surface area contributed by atoms with Gasteiger partial charge >= 0.3 is 0 Å². The van der Waals surface area contributed by atoms with Gasteiger partial charge in [-0.25, -0.2) is 0 Å². The van der Waals surface area contributed by atoms with Gasteiger partial charge in [0, 0.05) is 43.7 Å². The molecule has 0 aliphatic heterocycles. The molecule has 234 valence electrons. The zero-order valence-corrected chi connectivity index (χ0v) is 27.3. The van der Waals surface area contributed by atoms with Gasteiger partial charge in [0.2, 0.25) is 0 Å². The van der Waals surface area contributed by atoms with Gasteiger partial charge in [-0.1, -0.05) is 158 Å². The predicted octanol–water partition coefficient (Wildman–Crippen LogP) is 13.3. The van der Waals surface area contributed by atoms with Crippen LogP contribution in [0.3, 0.4) is 0 Å². The first-order valence-electron chi connectivity index (χ1n) is 17.2. The highest BCUT2D eigenvalue weighted by molar-refractivity contribution is 6.13. The van der Waals surface area contributed by atoms with E-state index in [0.29, 0.717) is 0 Å². The summed E-state index contributed by atoms with van der Waals surface area (Å²) in [5.74, 6) is 0. The minimum Gasteiger partial charge on any atom is -0.354 e. The third-order valence-corrected chi connectivity index (χ3v) is 10.2. The summed E-state index contributed by atoms with van der Waals surface area (Å²) >= 11 is 0. The molecule has 0 aliphatic rings. The Balaban J connectivity index is 1.08. The number of fused-ring (bicyclic) bond motifs is 6. The summed E-state index contributed by atoms with van der Waals surface area (Å²) in [6.45, 7) is 0. The standard InChI is InChI=1S/C48H32N2/c1-3-19-39(35(17-1)31-13-9-15-33(29-31)37-23-11-25-43-41-21-5-7-27-45(41)49-47(37)43)40-20-4-2-18-36(40)32-14-10-16-34(30-32)38-24-12-26-44-42-22-6-8-28-46(42)50-48(38)44/h1-30,49-50H. The largest absolute Gasteiger partial charge is 0.354 e. The Kier molecular flexibility index (Phi) is 6.53. The van der Waals surface area contributed by atoms with Crippen molar-refractivity contribution in [3.8, 4) is 55.6 Å². The first-order chi connectivity index (χ1) is 24.8. The van der Waals surface area contributed by atoms with Gasteiger partial charge in [-0.15, -0.1) is 0 Å². The fourth-order valence-corrected chi connectivity index (χ4v) is 7.88. The van der Waals surface area contributed by atoms with Crippen LogP contribution in [0.5, 0.6) is 0 Å². The van der Waals surface area contributed by atoms with E-state index in [0.717, 1.165) is 11.0 Å². The lowest BCUT2D eigenvalue weighted by Gasteiger charge is -2.16. The van der Waals surface area contributed by atoms with Crippen molar-refractivity contribution in [1.82, 2.24) is 9.97 Å². The summed E-state index contributed by atoms with van der Waals surface area (Å²) in [6, 6.07) is 65.9. The number of rotatable bonds is 5. The summed E-state index contributed by atoms with van der Waals surface area (Å²) in [5, 5.41) is 5.01. The third kappa shape index (κ3) is 4.57. The quantitative estimate of drug-likeness (QED) is 0.188. The molecule has 2 heterocycles. The molecule has 2 N–H and O–H groups in total. The number of para-hydroxylation sites is 4. The van der Waals surface area contributed by atoms with Gasteiger partial charge in [0.1, 0.15) is 0 Å². The molecule has 50 heavy (non-hydrogen) atoms. The lowest BCUT2D eigenvalue weighted by atomic mass is 9.88. The van der Waals surface area contributed by atoms with E-state index in [9.17, 15) is 0 Å². The molecule has 2 nitrogen and oxygen atoms in total. The van der Waals surface area contributed by atoms with Gasteiger partial charge < -0.3 is 9.97 Å². The second-order valence-corrected chi connectivity index (χ2v) is 13.1. The molecule has 0 fully saturated rings. The van der Waals surface area contributed by atoms with Crippen molar-refractivity contribution < 1.29 is 0 Å². The molecule has 2 aromatic heterocycles. The molecule has 0 aliphatic carbocycles. The predicted molar refractivity (Wildman–Crippen MR) is 212 cm³/mol. The molecule has 0 amide bonds. The average molecular weight is 637 g/mol. The highest BCUT2D eigenvalue weighted by Crippen LogP contribution is 2.41. The summed E-state index contributed by atoms with van der Waals surface area (Å²) < 4.78 is 0. The maximum absolute atomic E-state index is 3.70. The van der Waals surface area contributed by atoms with E-state index in [-0.39, 0.29) is 0 Å². The van der Waals surface area contributed by atoms with Crippen molar-refractivity contribution in [3.05, 3.63) is 182 Å². The molecule has 0 atom stereocenters. The minimum atomic E-state index is 1.16. The number of aromatic amines is 2. The van der Waals surface area contributed by atoms with Gasteiger partial charge in [-0.3, -0.25) is 0 Å². The molecule has 0 bridgehead atoms. The maximum Gasteiger partial charge on any atom is 0.0544 e. The molecule has 0 saturated carbocycles. The van der Waals surface area contributed by atoms with Gasteiger partial charge in [-0.05, 0) is 68.8 Å². The number of H-pyrrole nitrogens is 2. The van der Waals surface area contributed by atoms with E-state index in [1.807, 2.05) is 0 Å². The Morgan fingerprint density at radius 3 is 1.02 bits per heavy atom. The van der Waals surface area contributed by atoms with Gasteiger partial charge in [0.25, 0.3) is 0 Å². The summed E-state index contributed by atoms with van der Waals surface area (Å²) in [4.78, 5) is 7.40. The van der Waals surface area contributed by atoms with E-state index in [2.05, 4.69) is 192 Å². The van der Waals surface area contributed by atoms with Gasteiger partial charge in [-0.2, -0.15) is 0 Å². The van der Waals surface area contributed by atoms with Gasteiger partial charge in [0.05, 0.1) is 11.0 Å². The molecule has 2 heteroatoms. The van der Waals surface area contributed by atoms with Gasteiger partial charge in [0.15, 0.2) is 0 Å².